The average molecular weight is 285 g/mol. The van der Waals surface area contributed by atoms with Crippen LogP contribution in [0.15, 0.2) is 0 Å². The molecule has 1 fully saturated rings. The summed E-state index contributed by atoms with van der Waals surface area (Å²) in [6.07, 6.45) is -4.09. The summed E-state index contributed by atoms with van der Waals surface area (Å²) in [5.41, 5.74) is 0. The average Bonchev–Trinajstić information content (AvgIpc) is 2.38. The number of carbonyl (C=O) groups excluding carboxylic acids is 2. The van der Waals surface area contributed by atoms with Gasteiger partial charge in [0, 0.05) is 33.2 Å². The summed E-state index contributed by atoms with van der Waals surface area (Å²) in [6, 6.07) is 0. The lowest BCUT2D eigenvalue weighted by atomic mass is 10.3. The molecule has 0 aliphatic carbocycles. The second kappa shape index (κ2) is 6.18. The number of amides is 2. The molecule has 0 aromatic heterocycles. The van der Waals surface area contributed by atoms with Gasteiger partial charge in [-0.2, -0.15) is 8.78 Å². The van der Waals surface area contributed by atoms with Gasteiger partial charge >= 0.3 is 12.3 Å². The lowest BCUT2D eigenvalue weighted by Gasteiger charge is -2.30. The zero-order valence-corrected chi connectivity index (χ0v) is 10.3. The number of piperazine rings is 1. The molecule has 0 atom stereocenters. The van der Waals surface area contributed by atoms with Crippen molar-refractivity contribution in [2.24, 2.45) is 0 Å². The van der Waals surface area contributed by atoms with Crippen molar-refractivity contribution >= 4 is 11.8 Å². The molecule has 0 unspecified atom stereocenters. The first kappa shape index (κ1) is 15.7. The van der Waals surface area contributed by atoms with Crippen molar-refractivity contribution in [1.29, 1.82) is 0 Å². The van der Waals surface area contributed by atoms with Crippen LogP contribution in [0.4, 0.5) is 17.6 Å². The Morgan fingerprint density at radius 2 is 1.84 bits per heavy atom. The van der Waals surface area contributed by atoms with E-state index >= 15 is 0 Å². The van der Waals surface area contributed by atoms with Gasteiger partial charge in [0.15, 0.2) is 0 Å². The number of likely N-dealkylation sites (N-methyl/N-ethyl adjacent to an activating group) is 1. The minimum atomic E-state index is -4.77. The highest BCUT2D eigenvalue weighted by Gasteiger charge is 2.50. The summed E-state index contributed by atoms with van der Waals surface area (Å²) in [4.78, 5) is 24.5. The molecule has 0 aromatic rings. The first-order valence-corrected chi connectivity index (χ1v) is 5.67. The predicted molar refractivity (Wildman–Crippen MR) is 58.0 cm³/mol. The number of nitrogens with one attached hydrogen (secondary N) is 1. The van der Waals surface area contributed by atoms with Gasteiger partial charge in [-0.3, -0.25) is 9.59 Å². The van der Waals surface area contributed by atoms with Crippen LogP contribution in [0.2, 0.25) is 0 Å². The lowest BCUT2D eigenvalue weighted by Crippen LogP contribution is -2.52. The van der Waals surface area contributed by atoms with E-state index in [1.807, 2.05) is 0 Å². The number of hydrogen-bond acceptors (Lipinski definition) is 3. The third-order valence-electron chi connectivity index (χ3n) is 2.75. The summed E-state index contributed by atoms with van der Waals surface area (Å²) in [6.45, 7) is 1.28. The quantitative estimate of drug-likeness (QED) is 0.726. The molecular formula is C10H15F4N3O2. The monoisotopic (exact) mass is 285 g/mol. The number of nitrogens with zero attached hydrogens (tertiary/aromatic N) is 2. The maximum atomic E-state index is 12.8. The molecule has 0 saturated carbocycles. The van der Waals surface area contributed by atoms with Crippen LogP contribution in [0, 0.1) is 0 Å². The fourth-order valence-corrected chi connectivity index (χ4v) is 1.64. The van der Waals surface area contributed by atoms with Crippen LogP contribution in [-0.2, 0) is 9.59 Å². The molecule has 1 saturated heterocycles. The van der Waals surface area contributed by atoms with Crippen molar-refractivity contribution in [3.8, 4) is 0 Å². The Morgan fingerprint density at radius 1 is 1.32 bits per heavy atom. The van der Waals surface area contributed by atoms with Gasteiger partial charge in [0.2, 0.25) is 5.91 Å². The van der Waals surface area contributed by atoms with E-state index in [4.69, 9.17) is 0 Å². The maximum Gasteiger partial charge on any atom is 0.383 e. The normalized spacial score (nSPS) is 16.6. The predicted octanol–water partition coefficient (Wildman–Crippen LogP) is -0.223. The molecule has 1 aliphatic heterocycles. The van der Waals surface area contributed by atoms with Crippen LogP contribution in [0.25, 0.3) is 0 Å². The van der Waals surface area contributed by atoms with Gasteiger partial charge in [-0.1, -0.05) is 0 Å². The lowest BCUT2D eigenvalue weighted by molar-refractivity contribution is -0.180. The van der Waals surface area contributed by atoms with Crippen LogP contribution < -0.4 is 5.32 Å². The summed E-state index contributed by atoms with van der Waals surface area (Å²) >= 11 is 0. The largest absolute Gasteiger partial charge is 0.383 e. The summed E-state index contributed by atoms with van der Waals surface area (Å²) < 4.78 is 49.6. The Balaban J connectivity index is 2.56. The van der Waals surface area contributed by atoms with Crippen LogP contribution in [-0.4, -0.2) is 73.7 Å². The van der Waals surface area contributed by atoms with E-state index in [0.717, 1.165) is 7.05 Å². The molecule has 0 spiro atoms. The Bertz CT molecular complexity index is 346. The number of carbonyl (C=O) groups is 2. The number of rotatable bonds is 4. The molecule has 1 aliphatic rings. The molecule has 1 N–H and O–H groups in total. The first-order valence-electron chi connectivity index (χ1n) is 5.67. The zero-order chi connectivity index (χ0) is 14.6. The van der Waals surface area contributed by atoms with Crippen molar-refractivity contribution in [3.05, 3.63) is 0 Å². The van der Waals surface area contributed by atoms with Gasteiger partial charge in [0.05, 0.1) is 6.54 Å². The van der Waals surface area contributed by atoms with Gasteiger partial charge in [-0.15, -0.1) is 0 Å². The second-order valence-electron chi connectivity index (χ2n) is 4.22. The Labute approximate surface area is 107 Å². The molecule has 1 heterocycles. The molecule has 19 heavy (non-hydrogen) atoms. The van der Waals surface area contributed by atoms with E-state index in [9.17, 15) is 27.2 Å². The van der Waals surface area contributed by atoms with E-state index in [1.165, 1.54) is 4.90 Å². The first-order chi connectivity index (χ1) is 8.76. The van der Waals surface area contributed by atoms with Gasteiger partial charge in [0.1, 0.15) is 0 Å². The fraction of sp³-hybridized carbons (Fsp3) is 0.800. The zero-order valence-electron chi connectivity index (χ0n) is 10.3. The summed E-state index contributed by atoms with van der Waals surface area (Å²) in [5.74, 6) is -7.35. The smallest absolute Gasteiger partial charge is 0.339 e. The van der Waals surface area contributed by atoms with E-state index < -0.39 is 30.7 Å². The third-order valence-corrected chi connectivity index (χ3v) is 2.75. The molecule has 5 nitrogen and oxygen atoms in total. The molecule has 9 heteroatoms. The summed E-state index contributed by atoms with van der Waals surface area (Å²) in [5, 5.41) is 2.99. The number of halogens is 4. The van der Waals surface area contributed by atoms with Crippen molar-refractivity contribution in [2.45, 2.75) is 12.3 Å². The molecule has 0 radical (unpaired) electrons. The summed E-state index contributed by atoms with van der Waals surface area (Å²) in [7, 11) is 0.902. The van der Waals surface area contributed by atoms with E-state index in [1.54, 1.807) is 0 Å². The second-order valence-corrected chi connectivity index (χ2v) is 4.22. The van der Waals surface area contributed by atoms with Gasteiger partial charge in [0.25, 0.3) is 5.91 Å². The number of alkyl halides is 4. The maximum absolute atomic E-state index is 12.8. The Morgan fingerprint density at radius 3 is 2.32 bits per heavy atom. The SMILES string of the molecule is CN(CC(=O)N1CCNCC1)C(=O)C(F)(F)C(F)F. The molecule has 0 bridgehead atoms. The van der Waals surface area contributed by atoms with E-state index in [2.05, 4.69) is 5.32 Å². The highest BCUT2D eigenvalue weighted by atomic mass is 19.3. The van der Waals surface area contributed by atoms with Crippen LogP contribution in [0.1, 0.15) is 0 Å². The van der Waals surface area contributed by atoms with Crippen molar-refractivity contribution in [1.82, 2.24) is 15.1 Å². The van der Waals surface area contributed by atoms with Crippen molar-refractivity contribution < 1.29 is 27.2 Å². The van der Waals surface area contributed by atoms with Crippen LogP contribution in [0.5, 0.6) is 0 Å². The topological polar surface area (TPSA) is 52.7 Å². The standard InChI is InChI=1S/C10H15F4N3O2/c1-16(9(19)10(13,14)8(11)12)6-7(18)17-4-2-15-3-5-17/h8,15H,2-6H2,1H3. The van der Waals surface area contributed by atoms with Gasteiger partial charge in [-0.25, -0.2) is 8.78 Å². The minimum absolute atomic E-state index is 0.330. The van der Waals surface area contributed by atoms with Crippen molar-refractivity contribution in [2.75, 3.05) is 39.8 Å². The molecule has 1 rings (SSSR count). The van der Waals surface area contributed by atoms with Crippen LogP contribution >= 0.6 is 0 Å². The molecule has 2 amide bonds. The van der Waals surface area contributed by atoms with E-state index in [0.29, 0.717) is 31.1 Å². The van der Waals surface area contributed by atoms with Gasteiger partial charge in [-0.05, 0) is 0 Å². The molecule has 0 aromatic carbocycles. The highest BCUT2D eigenvalue weighted by molar-refractivity contribution is 5.88. The molecular weight excluding hydrogens is 270 g/mol. The van der Waals surface area contributed by atoms with Gasteiger partial charge < -0.3 is 15.1 Å². The third kappa shape index (κ3) is 3.79. The van der Waals surface area contributed by atoms with Crippen molar-refractivity contribution in [3.63, 3.8) is 0 Å². The Kier molecular flexibility index (Phi) is 5.10. The van der Waals surface area contributed by atoms with E-state index in [-0.39, 0.29) is 0 Å². The molecule has 110 valence electrons. The van der Waals surface area contributed by atoms with Crippen LogP contribution in [0.3, 0.4) is 0 Å². The fourth-order valence-electron chi connectivity index (χ4n) is 1.64. The Hall–Kier alpha value is -1.38. The minimum Gasteiger partial charge on any atom is -0.339 e. The highest BCUT2D eigenvalue weighted by Crippen LogP contribution is 2.24. The number of hydrogen-bond donors (Lipinski definition) is 1.